The van der Waals surface area contributed by atoms with Crippen LogP contribution in [0.3, 0.4) is 0 Å². The third-order valence-electron chi connectivity index (χ3n) is 3.67. The Hall–Kier alpha value is -1.22. The van der Waals surface area contributed by atoms with Crippen molar-refractivity contribution >= 4 is 30.5 Å². The van der Waals surface area contributed by atoms with Crippen molar-refractivity contribution in [2.45, 2.75) is 19.4 Å². The maximum absolute atomic E-state index is 13.5. The van der Waals surface area contributed by atoms with E-state index in [0.29, 0.717) is 31.7 Å². The maximum atomic E-state index is 13.5. The molecule has 1 aromatic carbocycles. The summed E-state index contributed by atoms with van der Waals surface area (Å²) >= 11 is 0. The van der Waals surface area contributed by atoms with E-state index in [1.54, 1.807) is 0 Å². The molecule has 0 bridgehead atoms. The van der Waals surface area contributed by atoms with Gasteiger partial charge in [0.1, 0.15) is 11.8 Å². The Morgan fingerprint density at radius 2 is 1.87 bits per heavy atom. The number of alkyl halides is 2. The van der Waals surface area contributed by atoms with Crippen LogP contribution < -0.4 is 5.32 Å². The number of phenols is 1. The molecule has 132 valence electrons. The molecule has 1 heterocycles. The molecule has 0 unspecified atom stereocenters. The van der Waals surface area contributed by atoms with Gasteiger partial charge in [0, 0.05) is 32.2 Å². The van der Waals surface area contributed by atoms with E-state index in [4.69, 9.17) is 0 Å². The van der Waals surface area contributed by atoms with Crippen molar-refractivity contribution in [2.75, 3.05) is 26.2 Å². The minimum absolute atomic E-state index is 0. The summed E-state index contributed by atoms with van der Waals surface area (Å²) in [7, 11) is 0. The van der Waals surface area contributed by atoms with Crippen LogP contribution >= 0.6 is 24.8 Å². The van der Waals surface area contributed by atoms with Crippen molar-refractivity contribution in [3.63, 3.8) is 0 Å². The Morgan fingerprint density at radius 1 is 1.30 bits per heavy atom. The molecular formula is C13H19Cl2F2N3O3. The van der Waals surface area contributed by atoms with E-state index >= 15 is 0 Å². The normalized spacial score (nSPS) is 16.3. The molecule has 0 aromatic heterocycles. The van der Waals surface area contributed by atoms with Gasteiger partial charge in [0.05, 0.1) is 10.5 Å². The first kappa shape index (κ1) is 21.8. The number of hydrogen-bond donors (Lipinski definition) is 2. The Bertz CT molecular complexity index is 543. The molecular weight excluding hydrogens is 355 g/mol. The third kappa shape index (κ3) is 4.63. The van der Waals surface area contributed by atoms with Crippen molar-refractivity contribution in [1.29, 1.82) is 0 Å². The number of rotatable bonds is 4. The van der Waals surface area contributed by atoms with Crippen LogP contribution in [0.4, 0.5) is 14.5 Å². The summed E-state index contributed by atoms with van der Waals surface area (Å²) < 4.78 is 27.1. The minimum atomic E-state index is -2.82. The lowest BCUT2D eigenvalue weighted by Gasteiger charge is -2.34. The van der Waals surface area contributed by atoms with E-state index < -0.39 is 28.8 Å². The first-order chi connectivity index (χ1) is 9.93. The quantitative estimate of drug-likeness (QED) is 0.626. The predicted octanol–water partition coefficient (Wildman–Crippen LogP) is 2.66. The number of hydrogen-bond acceptors (Lipinski definition) is 5. The second-order valence-electron chi connectivity index (χ2n) is 4.99. The van der Waals surface area contributed by atoms with E-state index in [2.05, 4.69) is 5.32 Å². The van der Waals surface area contributed by atoms with Crippen LogP contribution in [0.2, 0.25) is 0 Å². The van der Waals surface area contributed by atoms with Crippen LogP contribution in [0, 0.1) is 17.0 Å². The number of nitrogens with zero attached hydrogens (tertiary/aromatic N) is 2. The molecule has 2 N–H and O–H groups in total. The van der Waals surface area contributed by atoms with Crippen molar-refractivity contribution in [2.24, 2.45) is 0 Å². The van der Waals surface area contributed by atoms with Gasteiger partial charge in [-0.15, -0.1) is 24.8 Å². The molecule has 1 atom stereocenters. The summed E-state index contributed by atoms with van der Waals surface area (Å²) in [5.41, 5.74) is -0.421. The average Bonchev–Trinajstić information content (AvgIpc) is 2.44. The number of phenolic OH excluding ortho intramolecular Hbond substituents is 1. The SMILES string of the molecule is Cc1ccc([N+](=O)[O-])c([C@H](C(F)F)N2CCNCC2)c1O.Cl.Cl. The number of nitro benzene ring substituents is 1. The number of nitro groups is 1. The number of benzene rings is 1. The van der Waals surface area contributed by atoms with Crippen LogP contribution in [0.5, 0.6) is 5.75 Å². The molecule has 1 aliphatic heterocycles. The summed E-state index contributed by atoms with van der Waals surface area (Å²) in [6.45, 7) is 3.29. The second kappa shape index (κ2) is 9.17. The van der Waals surface area contributed by atoms with Crippen molar-refractivity contribution in [3.8, 4) is 5.75 Å². The fraction of sp³-hybridized carbons (Fsp3) is 0.538. The van der Waals surface area contributed by atoms with Gasteiger partial charge < -0.3 is 10.4 Å². The zero-order valence-corrected chi connectivity index (χ0v) is 14.0. The molecule has 1 aliphatic rings. The molecule has 0 amide bonds. The van der Waals surface area contributed by atoms with Gasteiger partial charge in [0.2, 0.25) is 0 Å². The zero-order chi connectivity index (χ0) is 15.6. The van der Waals surface area contributed by atoms with E-state index in [-0.39, 0.29) is 30.4 Å². The molecule has 1 aromatic rings. The highest BCUT2D eigenvalue weighted by molar-refractivity contribution is 5.85. The average molecular weight is 374 g/mol. The van der Waals surface area contributed by atoms with Gasteiger partial charge in [-0.1, -0.05) is 0 Å². The summed E-state index contributed by atoms with van der Waals surface area (Å²) in [6.07, 6.45) is -2.82. The fourth-order valence-corrected chi connectivity index (χ4v) is 2.59. The number of piperazine rings is 1. The van der Waals surface area contributed by atoms with Gasteiger partial charge in [0.25, 0.3) is 12.1 Å². The first-order valence-corrected chi connectivity index (χ1v) is 6.63. The standard InChI is InChI=1S/C13H17F2N3O3.2ClH/c1-8-2-3-9(18(20)21)10(12(8)19)11(13(14)15)17-6-4-16-5-7-17;;/h2-3,11,13,16,19H,4-7H2,1H3;2*1H/t11-;;/m1../s1. The lowest BCUT2D eigenvalue weighted by Crippen LogP contribution is -2.47. The molecule has 10 heteroatoms. The molecule has 1 fully saturated rings. The zero-order valence-electron chi connectivity index (χ0n) is 12.4. The predicted molar refractivity (Wildman–Crippen MR) is 87.2 cm³/mol. The Kier molecular flexibility index (Phi) is 8.68. The highest BCUT2D eigenvalue weighted by Gasteiger charge is 2.37. The van der Waals surface area contributed by atoms with Crippen molar-refractivity contribution in [3.05, 3.63) is 33.4 Å². The van der Waals surface area contributed by atoms with E-state index in [0.717, 1.165) is 0 Å². The largest absolute Gasteiger partial charge is 0.507 e. The molecule has 23 heavy (non-hydrogen) atoms. The summed E-state index contributed by atoms with van der Waals surface area (Å²) in [4.78, 5) is 11.9. The van der Waals surface area contributed by atoms with Crippen molar-refractivity contribution in [1.82, 2.24) is 10.2 Å². The molecule has 6 nitrogen and oxygen atoms in total. The molecule has 0 saturated carbocycles. The highest BCUT2D eigenvalue weighted by Crippen LogP contribution is 2.41. The maximum Gasteiger partial charge on any atom is 0.278 e. The molecule has 2 rings (SSSR count). The van der Waals surface area contributed by atoms with Gasteiger partial charge in [-0.3, -0.25) is 15.0 Å². The van der Waals surface area contributed by atoms with Crippen molar-refractivity contribution < 1.29 is 18.8 Å². The monoisotopic (exact) mass is 373 g/mol. The highest BCUT2D eigenvalue weighted by atomic mass is 35.5. The Balaban J connectivity index is 0.00000242. The summed E-state index contributed by atoms with van der Waals surface area (Å²) in [5.74, 6) is -0.423. The Morgan fingerprint density at radius 3 is 2.35 bits per heavy atom. The smallest absolute Gasteiger partial charge is 0.278 e. The summed E-state index contributed by atoms with van der Waals surface area (Å²) in [6, 6.07) is 1.05. The van der Waals surface area contributed by atoms with Crippen LogP contribution in [-0.2, 0) is 0 Å². The lowest BCUT2D eigenvalue weighted by molar-refractivity contribution is -0.386. The topological polar surface area (TPSA) is 78.6 Å². The van der Waals surface area contributed by atoms with Crippen LogP contribution in [0.25, 0.3) is 0 Å². The molecule has 0 radical (unpaired) electrons. The second-order valence-corrected chi connectivity index (χ2v) is 4.99. The van der Waals surface area contributed by atoms with E-state index in [1.807, 2.05) is 0 Å². The molecule has 0 aliphatic carbocycles. The van der Waals surface area contributed by atoms with Crippen LogP contribution in [-0.4, -0.2) is 47.5 Å². The van der Waals surface area contributed by atoms with Gasteiger partial charge >= 0.3 is 0 Å². The minimum Gasteiger partial charge on any atom is -0.507 e. The summed E-state index contributed by atoms with van der Waals surface area (Å²) in [5, 5.41) is 24.3. The third-order valence-corrected chi connectivity index (χ3v) is 3.67. The molecule has 0 spiro atoms. The van der Waals surface area contributed by atoms with Gasteiger partial charge in [-0.05, 0) is 18.6 Å². The number of aryl methyl sites for hydroxylation is 1. The van der Waals surface area contributed by atoms with Gasteiger partial charge in [-0.25, -0.2) is 8.78 Å². The fourth-order valence-electron chi connectivity index (χ4n) is 2.59. The lowest BCUT2D eigenvalue weighted by atomic mass is 9.98. The van der Waals surface area contributed by atoms with Gasteiger partial charge in [0.15, 0.2) is 0 Å². The van der Waals surface area contributed by atoms with Crippen LogP contribution in [0.1, 0.15) is 17.2 Å². The van der Waals surface area contributed by atoms with Gasteiger partial charge in [-0.2, -0.15) is 0 Å². The number of halogens is 4. The first-order valence-electron chi connectivity index (χ1n) is 6.63. The number of nitrogens with one attached hydrogen (secondary N) is 1. The van der Waals surface area contributed by atoms with Crippen LogP contribution in [0.15, 0.2) is 12.1 Å². The number of aromatic hydroxyl groups is 1. The van der Waals surface area contributed by atoms with E-state index in [9.17, 15) is 24.0 Å². The van der Waals surface area contributed by atoms with E-state index in [1.165, 1.54) is 24.0 Å². The molecule has 1 saturated heterocycles. The Labute approximate surface area is 144 Å².